The minimum Gasteiger partial charge on any atom is -0.444 e. The summed E-state index contributed by atoms with van der Waals surface area (Å²) in [5.41, 5.74) is -0.494. The highest BCUT2D eigenvalue weighted by atomic mass is 32.1. The summed E-state index contributed by atoms with van der Waals surface area (Å²) in [6, 6.07) is -0.164. The fraction of sp³-hybridized carbons (Fsp3) is 0.500. The maximum absolute atomic E-state index is 11.6. The Hall–Kier alpha value is -1.36. The Morgan fingerprint density at radius 2 is 2.41 bits per heavy atom. The van der Waals surface area contributed by atoms with E-state index in [1.54, 1.807) is 12.3 Å². The molecule has 1 aromatic rings. The molecule has 1 rings (SSSR count). The van der Waals surface area contributed by atoms with E-state index in [9.17, 15) is 4.79 Å². The molecule has 0 spiro atoms. The molecule has 0 bridgehead atoms. The first kappa shape index (κ1) is 13.7. The van der Waals surface area contributed by atoms with Crippen LogP contribution in [0, 0.1) is 0 Å². The van der Waals surface area contributed by atoms with Crippen molar-refractivity contribution in [3.63, 3.8) is 0 Å². The van der Waals surface area contributed by atoms with Crippen molar-refractivity contribution < 1.29 is 9.53 Å². The van der Waals surface area contributed by atoms with Crippen molar-refractivity contribution in [3.8, 4) is 0 Å². The summed E-state index contributed by atoms with van der Waals surface area (Å²) in [6.45, 7) is 9.17. The van der Waals surface area contributed by atoms with Gasteiger partial charge in [-0.15, -0.1) is 17.9 Å². The van der Waals surface area contributed by atoms with Gasteiger partial charge in [-0.25, -0.2) is 9.78 Å². The molecular formula is C12H18N2O2S. The van der Waals surface area contributed by atoms with Crippen molar-refractivity contribution in [2.24, 2.45) is 0 Å². The molecule has 1 amide bonds. The molecule has 5 heteroatoms. The molecule has 0 fully saturated rings. The van der Waals surface area contributed by atoms with Crippen LogP contribution in [0.25, 0.3) is 0 Å². The van der Waals surface area contributed by atoms with E-state index in [-0.39, 0.29) is 6.04 Å². The number of carbonyl (C=O) groups excluding carboxylic acids is 1. The Labute approximate surface area is 106 Å². The summed E-state index contributed by atoms with van der Waals surface area (Å²) in [4.78, 5) is 15.8. The number of rotatable bonds is 4. The largest absolute Gasteiger partial charge is 0.444 e. The SMILES string of the molecule is C=CC[C@@H](NC(=O)OC(C)(C)C)c1nccs1. The highest BCUT2D eigenvalue weighted by Gasteiger charge is 2.20. The molecule has 0 unspecified atom stereocenters. The molecule has 0 saturated heterocycles. The lowest BCUT2D eigenvalue weighted by molar-refractivity contribution is 0.0504. The number of amides is 1. The highest BCUT2D eigenvalue weighted by molar-refractivity contribution is 7.09. The van der Waals surface area contributed by atoms with Gasteiger partial charge in [-0.2, -0.15) is 0 Å². The van der Waals surface area contributed by atoms with Gasteiger partial charge in [0.05, 0.1) is 6.04 Å². The maximum Gasteiger partial charge on any atom is 0.408 e. The van der Waals surface area contributed by atoms with Crippen LogP contribution >= 0.6 is 11.3 Å². The number of ether oxygens (including phenoxy) is 1. The number of aromatic nitrogens is 1. The Morgan fingerprint density at radius 1 is 1.71 bits per heavy atom. The number of nitrogens with one attached hydrogen (secondary N) is 1. The van der Waals surface area contributed by atoms with Crippen molar-refractivity contribution in [3.05, 3.63) is 29.2 Å². The van der Waals surface area contributed by atoms with Crippen LogP contribution in [0.2, 0.25) is 0 Å². The van der Waals surface area contributed by atoms with Gasteiger partial charge in [0, 0.05) is 11.6 Å². The van der Waals surface area contributed by atoms with Crippen LogP contribution < -0.4 is 5.32 Å². The third-order valence-electron chi connectivity index (χ3n) is 1.84. The second-order valence-electron chi connectivity index (χ2n) is 4.59. The van der Waals surface area contributed by atoms with Crippen molar-refractivity contribution in [1.82, 2.24) is 10.3 Å². The van der Waals surface area contributed by atoms with Crippen LogP contribution in [0.1, 0.15) is 38.2 Å². The molecule has 1 heterocycles. The van der Waals surface area contributed by atoms with Gasteiger partial charge in [-0.05, 0) is 27.2 Å². The molecule has 0 aliphatic carbocycles. The van der Waals surface area contributed by atoms with Gasteiger partial charge in [0.2, 0.25) is 0 Å². The number of nitrogens with zero attached hydrogens (tertiary/aromatic N) is 1. The smallest absolute Gasteiger partial charge is 0.408 e. The molecule has 0 aromatic carbocycles. The van der Waals surface area contributed by atoms with Gasteiger partial charge < -0.3 is 10.1 Å². The highest BCUT2D eigenvalue weighted by Crippen LogP contribution is 2.20. The molecule has 1 N–H and O–H groups in total. The average Bonchev–Trinajstić information content (AvgIpc) is 2.66. The Morgan fingerprint density at radius 3 is 2.88 bits per heavy atom. The van der Waals surface area contributed by atoms with E-state index in [0.29, 0.717) is 6.42 Å². The van der Waals surface area contributed by atoms with Gasteiger partial charge in [0.25, 0.3) is 0 Å². The minimum atomic E-state index is -0.494. The molecule has 17 heavy (non-hydrogen) atoms. The van der Waals surface area contributed by atoms with Crippen LogP contribution in [0.4, 0.5) is 4.79 Å². The Bertz CT molecular complexity index is 368. The molecular weight excluding hydrogens is 236 g/mol. The number of thiazole rings is 1. The van der Waals surface area contributed by atoms with Gasteiger partial charge in [0.1, 0.15) is 10.6 Å². The topological polar surface area (TPSA) is 51.2 Å². The normalized spacial score (nSPS) is 12.9. The first-order chi connectivity index (χ1) is 7.92. The van der Waals surface area contributed by atoms with Crippen molar-refractivity contribution in [2.75, 3.05) is 0 Å². The van der Waals surface area contributed by atoms with E-state index in [0.717, 1.165) is 5.01 Å². The average molecular weight is 254 g/mol. The van der Waals surface area contributed by atoms with Crippen molar-refractivity contribution in [1.29, 1.82) is 0 Å². The quantitative estimate of drug-likeness (QED) is 0.839. The van der Waals surface area contributed by atoms with Gasteiger partial charge in [0.15, 0.2) is 0 Å². The first-order valence-electron chi connectivity index (χ1n) is 5.42. The molecule has 0 aliphatic heterocycles. The lowest BCUT2D eigenvalue weighted by Gasteiger charge is -2.22. The monoisotopic (exact) mass is 254 g/mol. The summed E-state index contributed by atoms with van der Waals surface area (Å²) >= 11 is 1.50. The summed E-state index contributed by atoms with van der Waals surface area (Å²) < 4.78 is 5.21. The first-order valence-corrected chi connectivity index (χ1v) is 6.30. The molecule has 0 radical (unpaired) electrons. The van der Waals surface area contributed by atoms with Crippen LogP contribution in [0.3, 0.4) is 0 Å². The fourth-order valence-corrected chi connectivity index (χ4v) is 1.95. The van der Waals surface area contributed by atoms with Crippen LogP contribution in [0.15, 0.2) is 24.2 Å². The molecule has 0 saturated carbocycles. The van der Waals surface area contributed by atoms with Crippen molar-refractivity contribution >= 4 is 17.4 Å². The number of hydrogen-bond donors (Lipinski definition) is 1. The van der Waals surface area contributed by atoms with Gasteiger partial charge in [-0.3, -0.25) is 0 Å². The van der Waals surface area contributed by atoms with Crippen LogP contribution in [-0.2, 0) is 4.74 Å². The summed E-state index contributed by atoms with van der Waals surface area (Å²) in [7, 11) is 0. The second-order valence-corrected chi connectivity index (χ2v) is 5.52. The molecule has 4 nitrogen and oxygen atoms in total. The molecule has 1 aromatic heterocycles. The van der Waals surface area contributed by atoms with E-state index in [1.807, 2.05) is 26.2 Å². The number of carbonyl (C=O) groups is 1. The van der Waals surface area contributed by atoms with E-state index in [4.69, 9.17) is 4.74 Å². The van der Waals surface area contributed by atoms with E-state index >= 15 is 0 Å². The van der Waals surface area contributed by atoms with Crippen LogP contribution in [-0.4, -0.2) is 16.7 Å². The predicted molar refractivity (Wildman–Crippen MR) is 69.0 cm³/mol. The van der Waals surface area contributed by atoms with Crippen LogP contribution in [0.5, 0.6) is 0 Å². The fourth-order valence-electron chi connectivity index (χ4n) is 1.24. The van der Waals surface area contributed by atoms with Gasteiger partial charge in [-0.1, -0.05) is 6.08 Å². The molecule has 1 atom stereocenters. The lowest BCUT2D eigenvalue weighted by atomic mass is 10.2. The zero-order chi connectivity index (χ0) is 12.9. The zero-order valence-electron chi connectivity index (χ0n) is 10.4. The van der Waals surface area contributed by atoms with E-state index in [1.165, 1.54) is 11.3 Å². The third kappa shape index (κ3) is 4.99. The number of alkyl carbamates (subject to hydrolysis) is 1. The number of hydrogen-bond acceptors (Lipinski definition) is 4. The molecule has 94 valence electrons. The standard InChI is InChI=1S/C12H18N2O2S/c1-5-6-9(10-13-7-8-17-10)14-11(15)16-12(2,3)4/h5,7-9H,1,6H2,2-4H3,(H,14,15)/t9-/m1/s1. The van der Waals surface area contributed by atoms with Gasteiger partial charge >= 0.3 is 6.09 Å². The Kier molecular flexibility index (Phi) is 4.69. The third-order valence-corrected chi connectivity index (χ3v) is 2.73. The Balaban J connectivity index is 2.62. The minimum absolute atomic E-state index is 0.164. The lowest BCUT2D eigenvalue weighted by Crippen LogP contribution is -2.34. The summed E-state index contributed by atoms with van der Waals surface area (Å²) in [6.07, 6.45) is 3.67. The second kappa shape index (κ2) is 5.82. The molecule has 0 aliphatic rings. The summed E-state index contributed by atoms with van der Waals surface area (Å²) in [5, 5.41) is 5.53. The van der Waals surface area contributed by atoms with Crippen molar-refractivity contribution in [2.45, 2.75) is 38.8 Å². The summed E-state index contributed by atoms with van der Waals surface area (Å²) in [5.74, 6) is 0. The van der Waals surface area contributed by atoms with E-state index < -0.39 is 11.7 Å². The zero-order valence-corrected chi connectivity index (χ0v) is 11.2. The predicted octanol–water partition coefficient (Wildman–Crippen LogP) is 3.29. The maximum atomic E-state index is 11.6. The van der Waals surface area contributed by atoms with E-state index in [2.05, 4.69) is 16.9 Å².